The summed E-state index contributed by atoms with van der Waals surface area (Å²) in [7, 11) is 1.69. The predicted molar refractivity (Wildman–Crippen MR) is 61.0 cm³/mol. The summed E-state index contributed by atoms with van der Waals surface area (Å²) in [4.78, 5) is 0. The summed E-state index contributed by atoms with van der Waals surface area (Å²) in [5, 5.41) is 8.49. The van der Waals surface area contributed by atoms with Crippen LogP contribution in [0.25, 0.3) is 0 Å². The third kappa shape index (κ3) is 2.99. The Morgan fingerprint density at radius 3 is 2.53 bits per heavy atom. The zero-order valence-corrected chi connectivity index (χ0v) is 9.63. The molecule has 1 rings (SSSR count). The molecule has 0 N–H and O–H groups in total. The van der Waals surface area contributed by atoms with Crippen molar-refractivity contribution >= 4 is 0 Å². The molecule has 1 aromatic rings. The van der Waals surface area contributed by atoms with Crippen molar-refractivity contribution in [2.75, 3.05) is 7.11 Å². The molecule has 15 heavy (non-hydrogen) atoms. The Balaban J connectivity index is 2.86. The van der Waals surface area contributed by atoms with Crippen LogP contribution in [0.5, 0.6) is 5.75 Å². The Labute approximate surface area is 91.5 Å². The lowest BCUT2D eigenvalue weighted by molar-refractivity contribution is 0.408. The smallest absolute Gasteiger partial charge is 0.122 e. The average molecular weight is 203 g/mol. The molecule has 80 valence electrons. The Morgan fingerprint density at radius 1 is 1.27 bits per heavy atom. The van der Waals surface area contributed by atoms with E-state index in [1.165, 1.54) is 16.7 Å². The van der Waals surface area contributed by atoms with Crippen molar-refractivity contribution in [3.63, 3.8) is 0 Å². The van der Waals surface area contributed by atoms with E-state index in [1.54, 1.807) is 7.11 Å². The highest BCUT2D eigenvalue weighted by molar-refractivity contribution is 5.41. The molecule has 0 aromatic heterocycles. The molecule has 0 fully saturated rings. The van der Waals surface area contributed by atoms with E-state index < -0.39 is 0 Å². The predicted octanol–water partition coefficient (Wildman–Crippen LogP) is 3.16. The molecule has 0 aliphatic rings. The summed E-state index contributed by atoms with van der Waals surface area (Å²) < 4.78 is 5.33. The largest absolute Gasteiger partial charge is 0.496 e. The number of benzene rings is 1. The molecule has 0 saturated carbocycles. The number of aryl methyl sites for hydroxylation is 3. The Morgan fingerprint density at radius 2 is 1.93 bits per heavy atom. The van der Waals surface area contributed by atoms with Gasteiger partial charge in [-0.1, -0.05) is 6.07 Å². The van der Waals surface area contributed by atoms with Crippen molar-refractivity contribution in [3.8, 4) is 11.8 Å². The van der Waals surface area contributed by atoms with Gasteiger partial charge in [0.1, 0.15) is 5.75 Å². The lowest BCUT2D eigenvalue weighted by Crippen LogP contribution is -1.95. The standard InChI is InChI=1S/C13H17NO/c1-10-8-12(6-4-5-7-14)13(15-3)9-11(10)2/h8-9H,4-6H2,1-3H3. The van der Waals surface area contributed by atoms with Crippen molar-refractivity contribution in [2.24, 2.45) is 0 Å². The monoisotopic (exact) mass is 203 g/mol. The fraction of sp³-hybridized carbons (Fsp3) is 0.462. The van der Waals surface area contributed by atoms with Crippen LogP contribution in [0.3, 0.4) is 0 Å². The lowest BCUT2D eigenvalue weighted by Gasteiger charge is -2.11. The second-order valence-corrected chi connectivity index (χ2v) is 3.76. The number of hydrogen-bond acceptors (Lipinski definition) is 2. The summed E-state index contributed by atoms with van der Waals surface area (Å²) in [5.74, 6) is 0.941. The highest BCUT2D eigenvalue weighted by atomic mass is 16.5. The maximum Gasteiger partial charge on any atom is 0.122 e. The van der Waals surface area contributed by atoms with Crippen molar-refractivity contribution in [2.45, 2.75) is 33.1 Å². The van der Waals surface area contributed by atoms with E-state index in [9.17, 15) is 0 Å². The fourth-order valence-electron chi connectivity index (χ4n) is 1.59. The molecule has 2 nitrogen and oxygen atoms in total. The molecule has 0 radical (unpaired) electrons. The molecule has 1 aromatic carbocycles. The fourth-order valence-corrected chi connectivity index (χ4v) is 1.59. The van der Waals surface area contributed by atoms with E-state index in [1.807, 2.05) is 0 Å². The minimum absolute atomic E-state index is 0.607. The van der Waals surface area contributed by atoms with Crippen LogP contribution in [0.4, 0.5) is 0 Å². The summed E-state index contributed by atoms with van der Waals surface area (Å²) in [6.45, 7) is 4.18. The summed E-state index contributed by atoms with van der Waals surface area (Å²) in [5.41, 5.74) is 3.73. The van der Waals surface area contributed by atoms with E-state index >= 15 is 0 Å². The molecular formula is C13H17NO. The highest BCUT2D eigenvalue weighted by Crippen LogP contribution is 2.24. The Hall–Kier alpha value is -1.49. The van der Waals surface area contributed by atoms with Gasteiger partial charge in [0.25, 0.3) is 0 Å². The van der Waals surface area contributed by atoms with E-state index in [2.05, 4.69) is 32.0 Å². The number of nitriles is 1. The van der Waals surface area contributed by atoms with Gasteiger partial charge in [-0.2, -0.15) is 5.26 Å². The summed E-state index contributed by atoms with van der Waals surface area (Å²) >= 11 is 0. The van der Waals surface area contributed by atoms with Crippen LogP contribution in [-0.4, -0.2) is 7.11 Å². The van der Waals surface area contributed by atoms with Gasteiger partial charge in [0.2, 0.25) is 0 Å². The van der Waals surface area contributed by atoms with Crippen LogP contribution in [-0.2, 0) is 6.42 Å². The van der Waals surface area contributed by atoms with Crippen LogP contribution < -0.4 is 4.74 Å². The van der Waals surface area contributed by atoms with Gasteiger partial charge < -0.3 is 4.74 Å². The van der Waals surface area contributed by atoms with E-state index in [-0.39, 0.29) is 0 Å². The van der Waals surface area contributed by atoms with Crippen LogP contribution in [0.2, 0.25) is 0 Å². The van der Waals surface area contributed by atoms with E-state index in [0.29, 0.717) is 6.42 Å². The molecule has 0 aliphatic carbocycles. The molecule has 0 heterocycles. The second-order valence-electron chi connectivity index (χ2n) is 3.76. The minimum atomic E-state index is 0.607. The lowest BCUT2D eigenvalue weighted by atomic mass is 10.0. The first-order chi connectivity index (χ1) is 7.19. The van der Waals surface area contributed by atoms with Crippen LogP contribution in [0, 0.1) is 25.2 Å². The van der Waals surface area contributed by atoms with Crippen molar-refractivity contribution in [1.29, 1.82) is 5.26 Å². The van der Waals surface area contributed by atoms with Gasteiger partial charge in [-0.25, -0.2) is 0 Å². The zero-order chi connectivity index (χ0) is 11.3. The third-order valence-electron chi connectivity index (χ3n) is 2.63. The molecule has 0 atom stereocenters. The van der Waals surface area contributed by atoms with Crippen LogP contribution in [0.1, 0.15) is 29.5 Å². The second kappa shape index (κ2) is 5.41. The first-order valence-corrected chi connectivity index (χ1v) is 5.20. The number of unbranched alkanes of at least 4 members (excludes halogenated alkanes) is 1. The SMILES string of the molecule is COc1cc(C)c(C)cc1CCCC#N. The van der Waals surface area contributed by atoms with Gasteiger partial charge in [-0.15, -0.1) is 0 Å². The zero-order valence-electron chi connectivity index (χ0n) is 9.63. The molecule has 0 aliphatic heterocycles. The number of methoxy groups -OCH3 is 1. The molecule has 0 amide bonds. The first-order valence-electron chi connectivity index (χ1n) is 5.20. The summed E-state index contributed by atoms with van der Waals surface area (Å²) in [6.07, 6.45) is 2.42. The number of hydrogen-bond donors (Lipinski definition) is 0. The highest BCUT2D eigenvalue weighted by Gasteiger charge is 2.05. The molecule has 0 bridgehead atoms. The molecule has 0 spiro atoms. The number of rotatable bonds is 4. The number of ether oxygens (including phenoxy) is 1. The van der Waals surface area contributed by atoms with Crippen molar-refractivity contribution < 1.29 is 4.74 Å². The normalized spacial score (nSPS) is 9.73. The first kappa shape index (κ1) is 11.6. The maximum absolute atomic E-state index is 8.49. The summed E-state index contributed by atoms with van der Waals surface area (Å²) in [6, 6.07) is 6.39. The third-order valence-corrected chi connectivity index (χ3v) is 2.63. The van der Waals surface area contributed by atoms with Gasteiger partial charge >= 0.3 is 0 Å². The molecule has 2 heteroatoms. The van der Waals surface area contributed by atoms with Crippen LogP contribution in [0.15, 0.2) is 12.1 Å². The van der Waals surface area contributed by atoms with E-state index in [4.69, 9.17) is 10.00 Å². The average Bonchev–Trinajstić information content (AvgIpc) is 2.23. The Bertz CT molecular complexity index is 377. The van der Waals surface area contributed by atoms with Gasteiger partial charge in [-0.05, 0) is 49.4 Å². The van der Waals surface area contributed by atoms with Gasteiger partial charge in [0.15, 0.2) is 0 Å². The van der Waals surface area contributed by atoms with Gasteiger partial charge in [0.05, 0.1) is 13.2 Å². The topological polar surface area (TPSA) is 33.0 Å². The molecule has 0 unspecified atom stereocenters. The van der Waals surface area contributed by atoms with Crippen LogP contribution >= 0.6 is 0 Å². The molecule has 0 saturated heterocycles. The van der Waals surface area contributed by atoms with Gasteiger partial charge in [0, 0.05) is 6.42 Å². The quantitative estimate of drug-likeness (QED) is 0.704. The van der Waals surface area contributed by atoms with Crippen molar-refractivity contribution in [1.82, 2.24) is 0 Å². The van der Waals surface area contributed by atoms with Crippen molar-refractivity contribution in [3.05, 3.63) is 28.8 Å². The molecular weight excluding hydrogens is 186 g/mol. The van der Waals surface area contributed by atoms with E-state index in [0.717, 1.165) is 18.6 Å². The van der Waals surface area contributed by atoms with Gasteiger partial charge in [-0.3, -0.25) is 0 Å². The number of nitrogens with zero attached hydrogens (tertiary/aromatic N) is 1. The Kier molecular flexibility index (Phi) is 4.17. The maximum atomic E-state index is 8.49. The minimum Gasteiger partial charge on any atom is -0.496 e.